The summed E-state index contributed by atoms with van der Waals surface area (Å²) >= 11 is 0. The van der Waals surface area contributed by atoms with E-state index in [0.717, 1.165) is 38.8 Å². The lowest BCUT2D eigenvalue weighted by Gasteiger charge is -2.32. The number of aryl methyl sites for hydroxylation is 2. The minimum atomic E-state index is -3.11. The van der Waals surface area contributed by atoms with Gasteiger partial charge in [-0.1, -0.05) is 42.0 Å². The fraction of sp³-hybridized carbons (Fsp3) is 0.435. The number of likely N-dealkylation sites (tertiary alicyclic amines) is 1. The van der Waals surface area contributed by atoms with Gasteiger partial charge in [-0.05, 0) is 61.8 Å². The molecule has 2 aromatic carbocycles. The third kappa shape index (κ3) is 5.93. The molecule has 0 bridgehead atoms. The summed E-state index contributed by atoms with van der Waals surface area (Å²) in [6, 6.07) is 15.7. The first-order valence-electron chi connectivity index (χ1n) is 9.92. The third-order valence-electron chi connectivity index (χ3n) is 5.47. The number of carbonyl (C=O) groups excluding carboxylic acids is 1. The van der Waals surface area contributed by atoms with Crippen molar-refractivity contribution in [3.63, 3.8) is 0 Å². The summed E-state index contributed by atoms with van der Waals surface area (Å²) in [6.07, 6.45) is 5.52. The number of carbonyl (C=O) groups is 1. The highest BCUT2D eigenvalue weighted by molar-refractivity contribution is 7.89. The van der Waals surface area contributed by atoms with Gasteiger partial charge in [0.25, 0.3) is 5.91 Å². The largest absolute Gasteiger partial charge is 0.339 e. The number of amides is 1. The van der Waals surface area contributed by atoms with Crippen LogP contribution in [0.2, 0.25) is 0 Å². The summed E-state index contributed by atoms with van der Waals surface area (Å²) < 4.78 is 23.0. The number of nitrogens with zero attached hydrogens (tertiary/aromatic N) is 1. The summed E-state index contributed by atoms with van der Waals surface area (Å²) in [7, 11) is -3.11. The van der Waals surface area contributed by atoms with Crippen LogP contribution in [0.15, 0.2) is 48.5 Å². The van der Waals surface area contributed by atoms with Crippen LogP contribution in [-0.2, 0) is 22.0 Å². The lowest BCUT2D eigenvalue weighted by molar-refractivity contribution is 0.0687. The topological polar surface area (TPSA) is 54.5 Å². The van der Waals surface area contributed by atoms with Gasteiger partial charge in [0.2, 0.25) is 0 Å². The van der Waals surface area contributed by atoms with Gasteiger partial charge < -0.3 is 4.90 Å². The molecule has 1 heterocycles. The van der Waals surface area contributed by atoms with E-state index >= 15 is 0 Å². The predicted octanol–water partition coefficient (Wildman–Crippen LogP) is 4.02. The fourth-order valence-electron chi connectivity index (χ4n) is 3.83. The van der Waals surface area contributed by atoms with E-state index in [0.29, 0.717) is 17.0 Å². The van der Waals surface area contributed by atoms with Gasteiger partial charge in [0.05, 0.1) is 5.75 Å². The molecule has 3 rings (SSSR count). The molecular formula is C23H29NO3S. The maximum absolute atomic E-state index is 12.8. The average molecular weight is 400 g/mol. The number of hydrogen-bond acceptors (Lipinski definition) is 3. The normalized spacial score (nSPS) is 15.6. The van der Waals surface area contributed by atoms with Crippen LogP contribution in [0.5, 0.6) is 0 Å². The van der Waals surface area contributed by atoms with E-state index in [2.05, 4.69) is 31.2 Å². The van der Waals surface area contributed by atoms with E-state index in [1.807, 2.05) is 4.90 Å². The molecule has 1 amide bonds. The van der Waals surface area contributed by atoms with Crippen molar-refractivity contribution in [2.75, 3.05) is 19.3 Å². The molecule has 0 atom stereocenters. The Kier molecular flexibility index (Phi) is 6.55. The highest BCUT2D eigenvalue weighted by Crippen LogP contribution is 2.24. The monoisotopic (exact) mass is 399 g/mol. The number of piperidine rings is 1. The van der Waals surface area contributed by atoms with Crippen LogP contribution in [0.1, 0.15) is 46.3 Å². The van der Waals surface area contributed by atoms with Crippen molar-refractivity contribution in [2.24, 2.45) is 5.92 Å². The van der Waals surface area contributed by atoms with E-state index in [1.165, 1.54) is 17.4 Å². The molecular weight excluding hydrogens is 370 g/mol. The van der Waals surface area contributed by atoms with E-state index in [-0.39, 0.29) is 11.7 Å². The van der Waals surface area contributed by atoms with E-state index < -0.39 is 9.84 Å². The SMILES string of the molecule is Cc1ccc(CCC2CCN(C(=O)c3cccc(CS(C)(=O)=O)c3)CC2)cc1. The smallest absolute Gasteiger partial charge is 0.253 e. The second-order valence-corrected chi connectivity index (χ2v) is 10.2. The summed E-state index contributed by atoms with van der Waals surface area (Å²) in [5.41, 5.74) is 3.92. The quantitative estimate of drug-likeness (QED) is 0.737. The van der Waals surface area contributed by atoms with Crippen molar-refractivity contribution < 1.29 is 13.2 Å². The molecule has 0 N–H and O–H groups in total. The maximum Gasteiger partial charge on any atom is 0.253 e. The number of hydrogen-bond donors (Lipinski definition) is 0. The zero-order chi connectivity index (χ0) is 20.1. The molecule has 0 aliphatic carbocycles. The van der Waals surface area contributed by atoms with Crippen molar-refractivity contribution in [3.8, 4) is 0 Å². The Morgan fingerprint density at radius 1 is 1.04 bits per heavy atom. The Balaban J connectivity index is 1.52. The summed E-state index contributed by atoms with van der Waals surface area (Å²) in [5.74, 6) is 0.629. The average Bonchev–Trinajstić information content (AvgIpc) is 2.66. The van der Waals surface area contributed by atoms with Gasteiger partial charge >= 0.3 is 0 Å². The van der Waals surface area contributed by atoms with Crippen LogP contribution in [0.25, 0.3) is 0 Å². The molecule has 4 nitrogen and oxygen atoms in total. The van der Waals surface area contributed by atoms with Gasteiger partial charge in [-0.3, -0.25) is 4.79 Å². The molecule has 0 radical (unpaired) electrons. The number of benzene rings is 2. The van der Waals surface area contributed by atoms with Crippen molar-refractivity contribution in [1.29, 1.82) is 0 Å². The molecule has 0 saturated carbocycles. The highest BCUT2D eigenvalue weighted by atomic mass is 32.2. The van der Waals surface area contributed by atoms with E-state index in [9.17, 15) is 13.2 Å². The van der Waals surface area contributed by atoms with Gasteiger partial charge in [0.1, 0.15) is 0 Å². The fourth-order valence-corrected chi connectivity index (χ4v) is 4.61. The first-order chi connectivity index (χ1) is 13.3. The van der Waals surface area contributed by atoms with Crippen LogP contribution >= 0.6 is 0 Å². The molecule has 1 aliphatic rings. The Labute approximate surface area is 168 Å². The molecule has 28 heavy (non-hydrogen) atoms. The highest BCUT2D eigenvalue weighted by Gasteiger charge is 2.23. The molecule has 1 fully saturated rings. The van der Waals surface area contributed by atoms with Crippen LogP contribution in [0.4, 0.5) is 0 Å². The van der Waals surface area contributed by atoms with Crippen molar-refractivity contribution >= 4 is 15.7 Å². The molecule has 5 heteroatoms. The van der Waals surface area contributed by atoms with Gasteiger partial charge in [0, 0.05) is 24.9 Å². The zero-order valence-corrected chi connectivity index (χ0v) is 17.5. The van der Waals surface area contributed by atoms with Gasteiger partial charge in [0.15, 0.2) is 9.84 Å². The lowest BCUT2D eigenvalue weighted by atomic mass is 9.90. The molecule has 1 aliphatic heterocycles. The van der Waals surface area contributed by atoms with E-state index in [4.69, 9.17) is 0 Å². The molecule has 1 saturated heterocycles. The number of sulfone groups is 1. The minimum Gasteiger partial charge on any atom is -0.339 e. The molecule has 0 aromatic heterocycles. The molecule has 2 aromatic rings. The van der Waals surface area contributed by atoms with Crippen LogP contribution in [-0.4, -0.2) is 38.6 Å². The van der Waals surface area contributed by atoms with Crippen molar-refractivity contribution in [2.45, 2.75) is 38.4 Å². The van der Waals surface area contributed by atoms with Crippen molar-refractivity contribution in [1.82, 2.24) is 4.90 Å². The minimum absolute atomic E-state index is 0.00679. The third-order valence-corrected chi connectivity index (χ3v) is 6.32. The molecule has 0 unspecified atom stereocenters. The van der Waals surface area contributed by atoms with Gasteiger partial charge in [-0.15, -0.1) is 0 Å². The van der Waals surface area contributed by atoms with Crippen molar-refractivity contribution in [3.05, 3.63) is 70.8 Å². The standard InChI is InChI=1S/C23H29NO3S/c1-18-6-8-19(9-7-18)10-11-20-12-14-24(15-13-20)23(25)22-5-3-4-21(16-22)17-28(2,26)27/h3-9,16,20H,10-15,17H2,1-2H3. The predicted molar refractivity (Wildman–Crippen MR) is 113 cm³/mol. The van der Waals surface area contributed by atoms with E-state index in [1.54, 1.807) is 24.3 Å². The summed E-state index contributed by atoms with van der Waals surface area (Å²) in [4.78, 5) is 14.7. The van der Waals surface area contributed by atoms with Crippen LogP contribution in [0, 0.1) is 12.8 Å². The molecule has 150 valence electrons. The summed E-state index contributed by atoms with van der Waals surface area (Å²) in [6.45, 7) is 3.65. The second-order valence-electron chi connectivity index (χ2n) is 8.03. The Morgan fingerprint density at radius 3 is 2.36 bits per heavy atom. The second kappa shape index (κ2) is 8.91. The Hall–Kier alpha value is -2.14. The Morgan fingerprint density at radius 2 is 1.71 bits per heavy atom. The van der Waals surface area contributed by atoms with Crippen LogP contribution in [0.3, 0.4) is 0 Å². The summed E-state index contributed by atoms with van der Waals surface area (Å²) in [5, 5.41) is 0. The lowest BCUT2D eigenvalue weighted by Crippen LogP contribution is -2.38. The number of rotatable bonds is 6. The zero-order valence-electron chi connectivity index (χ0n) is 16.7. The first-order valence-corrected chi connectivity index (χ1v) is 12.0. The van der Waals surface area contributed by atoms with Crippen LogP contribution < -0.4 is 0 Å². The van der Waals surface area contributed by atoms with Gasteiger partial charge in [-0.25, -0.2) is 8.42 Å². The first kappa shape index (κ1) is 20.6. The maximum atomic E-state index is 12.8. The molecule has 0 spiro atoms. The Bertz CT molecular complexity index is 911. The van der Waals surface area contributed by atoms with Gasteiger partial charge in [-0.2, -0.15) is 0 Å².